The second kappa shape index (κ2) is 12.3. The van der Waals surface area contributed by atoms with E-state index in [0.717, 1.165) is 57.1 Å². The average molecular weight is 505 g/mol. The molecule has 7 nitrogen and oxygen atoms in total. The number of hydrogen-bond acceptors (Lipinski definition) is 5. The minimum absolute atomic E-state index is 0.0289. The van der Waals surface area contributed by atoms with Crippen molar-refractivity contribution >= 4 is 17.8 Å². The first-order valence-corrected chi connectivity index (χ1v) is 13.8. The molecule has 2 aromatic carbocycles. The number of rotatable bonds is 11. The third-order valence-electron chi connectivity index (χ3n) is 7.56. The highest BCUT2D eigenvalue weighted by Crippen LogP contribution is 2.34. The number of carbonyl (C=O) groups is 2. The summed E-state index contributed by atoms with van der Waals surface area (Å²) in [7, 11) is 0. The Labute approximate surface area is 220 Å². The number of nitrogens with two attached hydrogens (primary N) is 1. The number of amides is 2. The number of nitrogens with zero attached hydrogens (tertiary/aromatic N) is 3. The van der Waals surface area contributed by atoms with Gasteiger partial charge in [0.15, 0.2) is 5.96 Å². The van der Waals surface area contributed by atoms with E-state index in [0.29, 0.717) is 42.8 Å². The Hall–Kier alpha value is -3.35. The smallest absolute Gasteiger partial charge is 0.257 e. The molecule has 1 fully saturated rings. The molecule has 2 aliphatic heterocycles. The molecule has 7 heteroatoms. The molecule has 0 aromatic heterocycles. The molecule has 0 bridgehead atoms. The summed E-state index contributed by atoms with van der Waals surface area (Å²) in [5.74, 6) is 2.23. The van der Waals surface area contributed by atoms with E-state index in [1.165, 1.54) is 0 Å². The van der Waals surface area contributed by atoms with Crippen LogP contribution in [0.5, 0.6) is 11.5 Å². The first-order valence-electron chi connectivity index (χ1n) is 13.8. The van der Waals surface area contributed by atoms with E-state index in [4.69, 9.17) is 15.5 Å². The molecule has 0 saturated carbocycles. The van der Waals surface area contributed by atoms with E-state index in [1.807, 2.05) is 59.5 Å². The maximum absolute atomic E-state index is 13.5. The predicted octanol–water partition coefficient (Wildman–Crippen LogP) is 5.61. The standard InChI is InChI=1S/C30H40N4O3/c1-3-5-18-30(19-6-4-2)28(36)34(29(31)32-30)22-23-16-20-33(21-17-23)27(35)24-12-14-26(15-13-24)37-25-10-8-7-9-11-25/h7-15,23H,3-6,16-22H2,1-2H3,(H2,31,32). The molecular formula is C30H40N4O3. The average Bonchev–Trinajstić information content (AvgIpc) is 3.16. The lowest BCUT2D eigenvalue weighted by molar-refractivity contribution is -0.132. The van der Waals surface area contributed by atoms with Crippen LogP contribution in [0.3, 0.4) is 0 Å². The second-order valence-corrected chi connectivity index (χ2v) is 10.3. The third-order valence-corrected chi connectivity index (χ3v) is 7.56. The van der Waals surface area contributed by atoms with Gasteiger partial charge in [0.25, 0.3) is 11.8 Å². The first-order chi connectivity index (χ1) is 18.0. The zero-order valence-electron chi connectivity index (χ0n) is 22.2. The quantitative estimate of drug-likeness (QED) is 0.431. The monoisotopic (exact) mass is 504 g/mol. The summed E-state index contributed by atoms with van der Waals surface area (Å²) >= 11 is 0. The van der Waals surface area contributed by atoms with Crippen molar-refractivity contribution in [2.75, 3.05) is 19.6 Å². The molecule has 2 aliphatic rings. The van der Waals surface area contributed by atoms with E-state index in [-0.39, 0.29) is 11.8 Å². The van der Waals surface area contributed by atoms with Crippen LogP contribution in [0.25, 0.3) is 0 Å². The van der Waals surface area contributed by atoms with Crippen molar-refractivity contribution in [3.05, 3.63) is 60.2 Å². The summed E-state index contributed by atoms with van der Waals surface area (Å²) in [4.78, 5) is 34.9. The van der Waals surface area contributed by atoms with Gasteiger partial charge in [0, 0.05) is 25.2 Å². The highest BCUT2D eigenvalue weighted by atomic mass is 16.5. The Morgan fingerprint density at radius 2 is 1.57 bits per heavy atom. The van der Waals surface area contributed by atoms with Gasteiger partial charge >= 0.3 is 0 Å². The molecule has 0 radical (unpaired) electrons. The number of ether oxygens (including phenoxy) is 1. The van der Waals surface area contributed by atoms with Crippen LogP contribution in [0.1, 0.15) is 75.6 Å². The molecule has 2 heterocycles. The Bertz CT molecular complexity index is 1070. The summed E-state index contributed by atoms with van der Waals surface area (Å²) in [5.41, 5.74) is 6.28. The molecule has 4 rings (SSSR count). The van der Waals surface area contributed by atoms with Crippen LogP contribution in [-0.4, -0.2) is 52.7 Å². The fourth-order valence-corrected chi connectivity index (χ4v) is 5.30. The normalized spacial score (nSPS) is 17.7. The van der Waals surface area contributed by atoms with Crippen LogP contribution in [-0.2, 0) is 4.79 Å². The summed E-state index contributed by atoms with van der Waals surface area (Å²) in [6, 6.07) is 16.9. The largest absolute Gasteiger partial charge is 0.457 e. The number of para-hydroxylation sites is 1. The van der Waals surface area contributed by atoms with Crippen LogP contribution < -0.4 is 10.5 Å². The van der Waals surface area contributed by atoms with Gasteiger partial charge in [-0.25, -0.2) is 4.99 Å². The number of piperidine rings is 1. The zero-order valence-corrected chi connectivity index (χ0v) is 22.2. The highest BCUT2D eigenvalue weighted by molar-refractivity contribution is 6.06. The van der Waals surface area contributed by atoms with Crippen molar-refractivity contribution < 1.29 is 14.3 Å². The van der Waals surface area contributed by atoms with Crippen LogP contribution in [0, 0.1) is 5.92 Å². The molecule has 0 unspecified atom stereocenters. The minimum atomic E-state index is -0.677. The van der Waals surface area contributed by atoms with Crippen molar-refractivity contribution in [2.45, 2.75) is 70.8 Å². The summed E-state index contributed by atoms with van der Waals surface area (Å²) in [6.07, 6.45) is 7.23. The Kier molecular flexibility index (Phi) is 8.85. The van der Waals surface area contributed by atoms with E-state index in [9.17, 15) is 9.59 Å². The SMILES string of the molecule is CCCCC1(CCCC)N=C(N)N(CC2CCN(C(=O)c3ccc(Oc4ccccc4)cc3)CC2)C1=O. The van der Waals surface area contributed by atoms with Gasteiger partial charge in [0.05, 0.1) is 0 Å². The highest BCUT2D eigenvalue weighted by Gasteiger charge is 2.47. The van der Waals surface area contributed by atoms with Gasteiger partial charge in [0.1, 0.15) is 17.0 Å². The Morgan fingerprint density at radius 1 is 0.973 bits per heavy atom. The van der Waals surface area contributed by atoms with Crippen molar-refractivity contribution in [1.29, 1.82) is 0 Å². The zero-order chi connectivity index (χ0) is 26.3. The number of hydrogen-bond donors (Lipinski definition) is 1. The lowest BCUT2D eigenvalue weighted by Crippen LogP contribution is -2.48. The van der Waals surface area contributed by atoms with Crippen molar-refractivity contribution in [1.82, 2.24) is 9.80 Å². The summed E-state index contributed by atoms with van der Waals surface area (Å²) in [6.45, 7) is 6.20. The van der Waals surface area contributed by atoms with Gasteiger partial charge in [0.2, 0.25) is 0 Å². The number of benzene rings is 2. The van der Waals surface area contributed by atoms with E-state index < -0.39 is 5.54 Å². The number of aliphatic imine (C=N–C) groups is 1. The molecule has 37 heavy (non-hydrogen) atoms. The second-order valence-electron chi connectivity index (χ2n) is 10.3. The number of likely N-dealkylation sites (tertiary alicyclic amines) is 1. The lowest BCUT2D eigenvalue weighted by Gasteiger charge is -2.34. The molecule has 2 amide bonds. The van der Waals surface area contributed by atoms with Gasteiger partial charge < -0.3 is 15.4 Å². The van der Waals surface area contributed by atoms with Crippen molar-refractivity contribution in [3.8, 4) is 11.5 Å². The van der Waals surface area contributed by atoms with Gasteiger partial charge in [-0.2, -0.15) is 0 Å². The molecule has 198 valence electrons. The lowest BCUT2D eigenvalue weighted by atomic mass is 9.87. The van der Waals surface area contributed by atoms with Crippen LogP contribution in [0.15, 0.2) is 59.6 Å². The molecule has 1 saturated heterocycles. The maximum Gasteiger partial charge on any atom is 0.257 e. The van der Waals surface area contributed by atoms with Gasteiger partial charge in [-0.1, -0.05) is 57.7 Å². The third kappa shape index (κ3) is 6.32. The van der Waals surface area contributed by atoms with E-state index in [1.54, 1.807) is 4.90 Å². The van der Waals surface area contributed by atoms with E-state index in [2.05, 4.69) is 13.8 Å². The van der Waals surface area contributed by atoms with Crippen LogP contribution >= 0.6 is 0 Å². The van der Waals surface area contributed by atoms with Gasteiger partial charge in [-0.15, -0.1) is 0 Å². The van der Waals surface area contributed by atoms with Crippen LogP contribution in [0.4, 0.5) is 0 Å². The molecule has 0 spiro atoms. The minimum Gasteiger partial charge on any atom is -0.457 e. The number of guanidine groups is 1. The van der Waals surface area contributed by atoms with Gasteiger partial charge in [-0.3, -0.25) is 14.5 Å². The van der Waals surface area contributed by atoms with Gasteiger partial charge in [-0.05, 0) is 68.0 Å². The Balaban J connectivity index is 1.30. The summed E-state index contributed by atoms with van der Waals surface area (Å²) < 4.78 is 5.83. The van der Waals surface area contributed by atoms with E-state index >= 15 is 0 Å². The molecule has 0 atom stereocenters. The number of unbranched alkanes of at least 4 members (excludes halogenated alkanes) is 2. The molecule has 2 N–H and O–H groups in total. The topological polar surface area (TPSA) is 88.2 Å². The fourth-order valence-electron chi connectivity index (χ4n) is 5.30. The molecular weight excluding hydrogens is 464 g/mol. The molecule has 2 aromatic rings. The van der Waals surface area contributed by atoms with Crippen molar-refractivity contribution in [2.24, 2.45) is 16.6 Å². The maximum atomic E-state index is 13.5. The predicted molar refractivity (Wildman–Crippen MR) is 147 cm³/mol. The summed E-state index contributed by atoms with van der Waals surface area (Å²) in [5, 5.41) is 0. The fraction of sp³-hybridized carbons (Fsp3) is 0.500. The first kappa shape index (κ1) is 26.7. The Morgan fingerprint density at radius 3 is 2.16 bits per heavy atom. The molecule has 0 aliphatic carbocycles. The van der Waals surface area contributed by atoms with Crippen LogP contribution in [0.2, 0.25) is 0 Å². The number of carbonyl (C=O) groups excluding carboxylic acids is 2. The van der Waals surface area contributed by atoms with Crippen molar-refractivity contribution in [3.63, 3.8) is 0 Å².